The lowest BCUT2D eigenvalue weighted by molar-refractivity contribution is -0.138. The fourth-order valence-electron chi connectivity index (χ4n) is 1.97. The van der Waals surface area contributed by atoms with Crippen LogP contribution >= 0.6 is 0 Å². The summed E-state index contributed by atoms with van der Waals surface area (Å²) in [5.41, 5.74) is 3.98. The van der Waals surface area contributed by atoms with Gasteiger partial charge in [0, 0.05) is 18.3 Å². The van der Waals surface area contributed by atoms with E-state index in [0.29, 0.717) is 17.7 Å². The Balaban J connectivity index is 2.98. The maximum atomic E-state index is 12.3. The summed E-state index contributed by atoms with van der Waals surface area (Å²) in [6.07, 6.45) is 2.57. The molecular formula is C15H24N2O3. The molecule has 0 aliphatic carbocycles. The van der Waals surface area contributed by atoms with Crippen LogP contribution in [0.3, 0.4) is 0 Å². The van der Waals surface area contributed by atoms with Crippen molar-refractivity contribution in [2.24, 2.45) is 5.41 Å². The van der Waals surface area contributed by atoms with Crippen molar-refractivity contribution in [1.29, 1.82) is 0 Å². The van der Waals surface area contributed by atoms with Crippen LogP contribution in [0.4, 0.5) is 0 Å². The van der Waals surface area contributed by atoms with Crippen LogP contribution in [0.1, 0.15) is 51.2 Å². The fourth-order valence-corrected chi connectivity index (χ4v) is 1.97. The van der Waals surface area contributed by atoms with Crippen LogP contribution in [0.25, 0.3) is 0 Å². The van der Waals surface area contributed by atoms with Crippen molar-refractivity contribution in [1.82, 2.24) is 4.68 Å². The topological polar surface area (TPSA) is 71.3 Å². The highest BCUT2D eigenvalue weighted by molar-refractivity contribution is 5.75. The Kier molecular flexibility index (Phi) is 4.98. The van der Waals surface area contributed by atoms with Gasteiger partial charge in [-0.05, 0) is 37.3 Å². The van der Waals surface area contributed by atoms with E-state index in [1.54, 1.807) is 19.2 Å². The second-order valence-electron chi connectivity index (χ2n) is 6.37. The molecule has 1 aromatic rings. The van der Waals surface area contributed by atoms with E-state index >= 15 is 0 Å². The number of rotatable bonds is 5. The van der Waals surface area contributed by atoms with Gasteiger partial charge in [0.15, 0.2) is 0 Å². The molecule has 1 heterocycles. The predicted octanol–water partition coefficient (Wildman–Crippen LogP) is 2.32. The Hall–Kier alpha value is -1.78. The third kappa shape index (κ3) is 4.11. The molecule has 20 heavy (non-hydrogen) atoms. The summed E-state index contributed by atoms with van der Waals surface area (Å²) in [5.74, 6) is -1.79. The van der Waals surface area contributed by atoms with Gasteiger partial charge in [0.2, 0.25) is 0 Å². The Morgan fingerprint density at radius 3 is 2.55 bits per heavy atom. The van der Waals surface area contributed by atoms with E-state index in [9.17, 15) is 9.59 Å². The molecule has 2 N–H and O–H groups in total. The molecule has 0 amide bonds. The van der Waals surface area contributed by atoms with Crippen molar-refractivity contribution in [3.8, 4) is 0 Å². The van der Waals surface area contributed by atoms with Crippen molar-refractivity contribution >= 4 is 5.97 Å². The van der Waals surface area contributed by atoms with Crippen LogP contribution < -0.4 is 11.0 Å². The molecule has 0 aromatic carbocycles. The highest BCUT2D eigenvalue weighted by Gasteiger charge is 2.20. The number of nitrogens with one attached hydrogen (secondary N) is 1. The summed E-state index contributed by atoms with van der Waals surface area (Å²) in [6.45, 7) is 10.3. The van der Waals surface area contributed by atoms with E-state index in [1.165, 1.54) is 11.6 Å². The van der Waals surface area contributed by atoms with Gasteiger partial charge >= 0.3 is 5.97 Å². The zero-order valence-corrected chi connectivity index (χ0v) is 12.9. The Bertz CT molecular complexity index is 541. The van der Waals surface area contributed by atoms with Crippen LogP contribution in [0.5, 0.6) is 0 Å². The maximum absolute atomic E-state index is 12.3. The molecule has 5 nitrogen and oxygen atoms in total. The zero-order chi connectivity index (χ0) is 15.5. The number of carboxylic acid groups (broad SMARTS) is 1. The Labute approximate surface area is 119 Å². The van der Waals surface area contributed by atoms with Gasteiger partial charge in [0.05, 0.1) is 5.92 Å². The third-order valence-electron chi connectivity index (χ3n) is 3.31. The van der Waals surface area contributed by atoms with E-state index < -0.39 is 11.9 Å². The number of carboxylic acids is 1. The summed E-state index contributed by atoms with van der Waals surface area (Å²) in [4.78, 5) is 23.4. The summed E-state index contributed by atoms with van der Waals surface area (Å²) in [7, 11) is 0. The van der Waals surface area contributed by atoms with Crippen molar-refractivity contribution in [3.63, 3.8) is 0 Å². The van der Waals surface area contributed by atoms with Crippen LogP contribution in [0.15, 0.2) is 17.1 Å². The molecule has 0 bridgehead atoms. The van der Waals surface area contributed by atoms with Crippen molar-refractivity contribution in [3.05, 3.63) is 33.7 Å². The van der Waals surface area contributed by atoms with Crippen LogP contribution in [0.2, 0.25) is 0 Å². The molecule has 5 heteroatoms. The molecule has 0 saturated heterocycles. The summed E-state index contributed by atoms with van der Waals surface area (Å²) >= 11 is 0. The van der Waals surface area contributed by atoms with Gasteiger partial charge in [0.25, 0.3) is 5.56 Å². The summed E-state index contributed by atoms with van der Waals surface area (Å²) in [6, 6.07) is 1.76. The lowest BCUT2D eigenvalue weighted by Crippen LogP contribution is -2.34. The first-order valence-electron chi connectivity index (χ1n) is 6.82. The second kappa shape index (κ2) is 6.11. The standard InChI is InChI=1S/C15H24N2O3/c1-10-6-9-17(16-8-7-15(3,4)5)13(18)12(10)11(2)14(19)20/h6,9,11,16H,7-8H2,1-5H3,(H,19,20). The number of hydrogen-bond acceptors (Lipinski definition) is 3. The van der Waals surface area contributed by atoms with Crippen LogP contribution in [-0.4, -0.2) is 22.3 Å². The number of nitrogens with zero attached hydrogens (tertiary/aromatic N) is 1. The summed E-state index contributed by atoms with van der Waals surface area (Å²) < 4.78 is 1.38. The van der Waals surface area contributed by atoms with E-state index in [2.05, 4.69) is 26.2 Å². The van der Waals surface area contributed by atoms with Crippen LogP contribution in [-0.2, 0) is 4.79 Å². The van der Waals surface area contributed by atoms with Gasteiger partial charge in [-0.1, -0.05) is 20.8 Å². The zero-order valence-electron chi connectivity index (χ0n) is 12.9. The molecule has 0 saturated carbocycles. The molecule has 1 aromatic heterocycles. The quantitative estimate of drug-likeness (QED) is 0.868. The van der Waals surface area contributed by atoms with E-state index in [4.69, 9.17) is 5.11 Å². The van der Waals surface area contributed by atoms with Crippen molar-refractivity contribution < 1.29 is 9.90 Å². The minimum absolute atomic E-state index is 0.179. The number of aromatic nitrogens is 1. The maximum Gasteiger partial charge on any atom is 0.310 e. The highest BCUT2D eigenvalue weighted by Crippen LogP contribution is 2.17. The Morgan fingerprint density at radius 1 is 1.45 bits per heavy atom. The SMILES string of the molecule is Cc1ccn(NCCC(C)(C)C)c(=O)c1C(C)C(=O)O. The smallest absolute Gasteiger partial charge is 0.310 e. The molecule has 0 fully saturated rings. The lowest BCUT2D eigenvalue weighted by Gasteiger charge is -2.20. The van der Waals surface area contributed by atoms with E-state index in [1.807, 2.05) is 0 Å². The van der Waals surface area contributed by atoms with E-state index in [-0.39, 0.29) is 11.0 Å². The first-order valence-corrected chi connectivity index (χ1v) is 6.82. The lowest BCUT2D eigenvalue weighted by atomic mass is 9.92. The van der Waals surface area contributed by atoms with Gasteiger partial charge in [-0.2, -0.15) is 0 Å². The molecule has 0 radical (unpaired) electrons. The number of pyridine rings is 1. The van der Waals surface area contributed by atoms with Gasteiger partial charge < -0.3 is 10.5 Å². The number of aryl methyl sites for hydroxylation is 1. The molecule has 112 valence electrons. The summed E-state index contributed by atoms with van der Waals surface area (Å²) in [5, 5.41) is 9.09. The molecular weight excluding hydrogens is 256 g/mol. The van der Waals surface area contributed by atoms with Gasteiger partial charge in [-0.3, -0.25) is 9.59 Å². The highest BCUT2D eigenvalue weighted by atomic mass is 16.4. The van der Waals surface area contributed by atoms with Gasteiger partial charge in [-0.25, -0.2) is 4.68 Å². The minimum atomic E-state index is -0.988. The molecule has 0 spiro atoms. The first-order chi connectivity index (χ1) is 9.13. The van der Waals surface area contributed by atoms with Gasteiger partial charge in [0.1, 0.15) is 0 Å². The minimum Gasteiger partial charge on any atom is -0.481 e. The van der Waals surface area contributed by atoms with Gasteiger partial charge in [-0.15, -0.1) is 0 Å². The van der Waals surface area contributed by atoms with E-state index in [0.717, 1.165) is 6.42 Å². The molecule has 0 aliphatic heterocycles. The number of hydrogen-bond donors (Lipinski definition) is 2. The average Bonchev–Trinajstić information content (AvgIpc) is 2.30. The van der Waals surface area contributed by atoms with Crippen molar-refractivity contribution in [2.45, 2.75) is 47.0 Å². The molecule has 0 aliphatic rings. The van der Waals surface area contributed by atoms with Crippen LogP contribution in [0, 0.1) is 12.3 Å². The monoisotopic (exact) mass is 280 g/mol. The number of aliphatic carboxylic acids is 1. The second-order valence-corrected chi connectivity index (χ2v) is 6.37. The predicted molar refractivity (Wildman–Crippen MR) is 79.8 cm³/mol. The average molecular weight is 280 g/mol. The normalized spacial score (nSPS) is 13.1. The fraction of sp³-hybridized carbons (Fsp3) is 0.600. The first kappa shape index (κ1) is 16.3. The number of carbonyl (C=O) groups is 1. The van der Waals surface area contributed by atoms with Crippen molar-refractivity contribution in [2.75, 3.05) is 12.0 Å². The Morgan fingerprint density at radius 2 is 2.05 bits per heavy atom. The largest absolute Gasteiger partial charge is 0.481 e. The molecule has 1 atom stereocenters. The molecule has 1 unspecified atom stereocenters. The third-order valence-corrected chi connectivity index (χ3v) is 3.31. The molecule has 1 rings (SSSR count).